The molecule has 3 aromatic rings. The fourth-order valence-corrected chi connectivity index (χ4v) is 3.14. The lowest BCUT2D eigenvalue weighted by Crippen LogP contribution is -2.34. The largest absolute Gasteiger partial charge is 0.379 e. The van der Waals surface area contributed by atoms with Crippen LogP contribution in [0.4, 0.5) is 14.9 Å². The average molecular weight is 452 g/mol. The Hall–Kier alpha value is -3.72. The highest BCUT2D eigenvalue weighted by molar-refractivity contribution is 5.90. The lowest BCUT2D eigenvalue weighted by Gasteiger charge is -2.22. The van der Waals surface area contributed by atoms with Gasteiger partial charge in [-0.2, -0.15) is 10.2 Å². The molecule has 9 heteroatoms. The summed E-state index contributed by atoms with van der Waals surface area (Å²) in [6, 6.07) is 7.54. The van der Waals surface area contributed by atoms with Crippen LogP contribution < -0.4 is 10.6 Å². The van der Waals surface area contributed by atoms with Crippen LogP contribution in [0.25, 0.3) is 22.4 Å². The van der Waals surface area contributed by atoms with Crippen LogP contribution in [0.15, 0.2) is 42.7 Å². The molecule has 8 nitrogen and oxygen atoms in total. The third kappa shape index (κ3) is 6.17. The molecular weight excluding hydrogens is 425 g/mol. The maximum atomic E-state index is 14.6. The fourth-order valence-electron chi connectivity index (χ4n) is 3.14. The van der Waals surface area contributed by atoms with Crippen LogP contribution >= 0.6 is 0 Å². The summed E-state index contributed by atoms with van der Waals surface area (Å²) in [7, 11) is 1.61. The summed E-state index contributed by atoms with van der Waals surface area (Å²) in [4.78, 5) is 27.3. The first-order chi connectivity index (χ1) is 15.7. The van der Waals surface area contributed by atoms with E-state index in [2.05, 4.69) is 25.8 Å². The monoisotopic (exact) mass is 451 g/mol. The Kier molecular flexibility index (Phi) is 7.44. The average Bonchev–Trinajstić information content (AvgIpc) is 2.81. The zero-order valence-electron chi connectivity index (χ0n) is 19.0. The number of rotatable bonds is 8. The van der Waals surface area contributed by atoms with Gasteiger partial charge < -0.3 is 15.4 Å². The second kappa shape index (κ2) is 10.3. The van der Waals surface area contributed by atoms with Crippen LogP contribution in [0.3, 0.4) is 0 Å². The van der Waals surface area contributed by atoms with Gasteiger partial charge in [-0.1, -0.05) is 0 Å². The molecule has 0 aliphatic rings. The Morgan fingerprint density at radius 2 is 2.00 bits per heavy atom. The van der Waals surface area contributed by atoms with Crippen molar-refractivity contribution in [2.45, 2.75) is 32.8 Å². The number of benzene rings is 1. The number of carbonyl (C=O) groups excluding carboxylic acids is 2. The van der Waals surface area contributed by atoms with E-state index in [0.29, 0.717) is 41.8 Å². The number of pyridine rings is 1. The van der Waals surface area contributed by atoms with Gasteiger partial charge in [-0.3, -0.25) is 9.78 Å². The number of amides is 2. The number of hydrogen-bond acceptors (Lipinski definition) is 6. The van der Waals surface area contributed by atoms with Crippen LogP contribution in [0.5, 0.6) is 0 Å². The van der Waals surface area contributed by atoms with Crippen molar-refractivity contribution in [1.29, 1.82) is 0 Å². The number of aldehydes is 1. The van der Waals surface area contributed by atoms with Crippen LogP contribution in [0.1, 0.15) is 36.3 Å². The number of carbonyl (C=O) groups is 2. The fraction of sp³-hybridized carbons (Fsp3) is 0.292. The van der Waals surface area contributed by atoms with Crippen molar-refractivity contribution in [2.75, 3.05) is 19.0 Å². The molecule has 2 aromatic heterocycles. The number of methoxy groups -OCH3 is 1. The number of nitrogens with one attached hydrogen (secondary N) is 2. The maximum Gasteiger partial charge on any atom is 0.319 e. The number of aryl methyl sites for hydroxylation is 1. The molecule has 0 atom stereocenters. The summed E-state index contributed by atoms with van der Waals surface area (Å²) < 4.78 is 19.9. The minimum atomic E-state index is -0.558. The quantitative estimate of drug-likeness (QED) is 0.492. The van der Waals surface area contributed by atoms with Gasteiger partial charge in [0.25, 0.3) is 0 Å². The molecule has 0 radical (unpaired) electrons. The second-order valence-corrected chi connectivity index (χ2v) is 8.16. The van der Waals surface area contributed by atoms with Crippen LogP contribution in [0.2, 0.25) is 0 Å². The zero-order valence-corrected chi connectivity index (χ0v) is 19.0. The molecule has 0 spiro atoms. The number of urea groups is 1. The number of aromatic nitrogens is 3. The highest BCUT2D eigenvalue weighted by Gasteiger charge is 2.17. The standard InChI is InChI=1S/C24H26FN5O3/c1-15-9-20(25)22(29-23(32)27-8-6-24(2,3)33-4)12-19(15)21-11-17(13-28-30-21)16-5-7-26-18(10-16)14-31/h5,7,9-14H,6,8H2,1-4H3,(H2,27,29,32). The Balaban J connectivity index is 1.83. The molecule has 0 unspecified atom stereocenters. The van der Waals surface area contributed by atoms with E-state index in [1.54, 1.807) is 38.4 Å². The molecule has 172 valence electrons. The summed E-state index contributed by atoms with van der Waals surface area (Å²) in [6.45, 7) is 5.95. The Morgan fingerprint density at radius 3 is 2.73 bits per heavy atom. The van der Waals surface area contributed by atoms with Crippen molar-refractivity contribution in [2.24, 2.45) is 0 Å². The van der Waals surface area contributed by atoms with Gasteiger partial charge in [0.05, 0.1) is 23.2 Å². The van der Waals surface area contributed by atoms with Crippen LogP contribution in [0, 0.1) is 12.7 Å². The first-order valence-corrected chi connectivity index (χ1v) is 10.4. The zero-order chi connectivity index (χ0) is 24.0. The summed E-state index contributed by atoms with van der Waals surface area (Å²) in [5.74, 6) is -0.558. The predicted octanol–water partition coefficient (Wildman–Crippen LogP) is 4.40. The summed E-state index contributed by atoms with van der Waals surface area (Å²) in [6.07, 6.45) is 4.38. The third-order valence-electron chi connectivity index (χ3n) is 5.29. The molecule has 0 bridgehead atoms. The van der Waals surface area contributed by atoms with Gasteiger partial charge in [0.15, 0.2) is 6.29 Å². The van der Waals surface area contributed by atoms with Crippen molar-refractivity contribution < 1.29 is 18.7 Å². The van der Waals surface area contributed by atoms with Crippen LogP contribution in [-0.2, 0) is 4.74 Å². The van der Waals surface area contributed by atoms with Gasteiger partial charge in [0, 0.05) is 31.0 Å². The summed E-state index contributed by atoms with van der Waals surface area (Å²) >= 11 is 0. The number of ether oxygens (including phenoxy) is 1. The highest BCUT2D eigenvalue weighted by Crippen LogP contribution is 2.30. The number of nitrogens with zero attached hydrogens (tertiary/aromatic N) is 3. The van der Waals surface area contributed by atoms with Crippen molar-refractivity contribution in [3.8, 4) is 22.4 Å². The van der Waals surface area contributed by atoms with E-state index in [9.17, 15) is 14.0 Å². The smallest absolute Gasteiger partial charge is 0.319 e. The lowest BCUT2D eigenvalue weighted by atomic mass is 10.0. The molecule has 2 heterocycles. The maximum absolute atomic E-state index is 14.6. The normalized spacial score (nSPS) is 11.2. The number of anilines is 1. The van der Waals surface area contributed by atoms with Crippen molar-refractivity contribution in [3.63, 3.8) is 0 Å². The Labute approximate surface area is 191 Å². The molecule has 0 aliphatic carbocycles. The Morgan fingerprint density at radius 1 is 1.21 bits per heavy atom. The minimum absolute atomic E-state index is 0.0263. The van der Waals surface area contributed by atoms with E-state index in [1.807, 2.05) is 13.8 Å². The molecule has 0 fully saturated rings. The molecule has 33 heavy (non-hydrogen) atoms. The molecule has 1 aromatic carbocycles. The van der Waals surface area contributed by atoms with Crippen LogP contribution in [-0.4, -0.2) is 46.8 Å². The molecule has 2 amide bonds. The van der Waals surface area contributed by atoms with Gasteiger partial charge in [0.2, 0.25) is 0 Å². The van der Waals surface area contributed by atoms with E-state index in [0.717, 1.165) is 11.1 Å². The molecule has 0 saturated heterocycles. The van der Waals surface area contributed by atoms with E-state index in [-0.39, 0.29) is 11.3 Å². The van der Waals surface area contributed by atoms with E-state index in [1.165, 1.54) is 18.3 Å². The van der Waals surface area contributed by atoms with Gasteiger partial charge in [-0.25, -0.2) is 9.18 Å². The van der Waals surface area contributed by atoms with Crippen molar-refractivity contribution in [3.05, 3.63) is 59.8 Å². The molecular formula is C24H26FN5O3. The molecule has 0 saturated carbocycles. The lowest BCUT2D eigenvalue weighted by molar-refractivity contribution is 0.0165. The third-order valence-corrected chi connectivity index (χ3v) is 5.29. The van der Waals surface area contributed by atoms with E-state index in [4.69, 9.17) is 4.74 Å². The SMILES string of the molecule is COC(C)(C)CCNC(=O)Nc1cc(-c2cc(-c3ccnc(C=O)c3)cnn2)c(C)cc1F. The first-order valence-electron chi connectivity index (χ1n) is 10.4. The van der Waals surface area contributed by atoms with Gasteiger partial charge in [-0.05, 0) is 68.7 Å². The second-order valence-electron chi connectivity index (χ2n) is 8.16. The number of hydrogen-bond donors (Lipinski definition) is 2. The van der Waals surface area contributed by atoms with E-state index < -0.39 is 11.8 Å². The first kappa shape index (κ1) is 23.9. The topological polar surface area (TPSA) is 106 Å². The molecule has 3 rings (SSSR count). The summed E-state index contributed by atoms with van der Waals surface area (Å²) in [5, 5.41) is 13.5. The Bertz CT molecular complexity index is 1170. The van der Waals surface area contributed by atoms with Gasteiger partial charge in [-0.15, -0.1) is 0 Å². The van der Waals surface area contributed by atoms with Gasteiger partial charge in [0.1, 0.15) is 11.5 Å². The minimum Gasteiger partial charge on any atom is -0.379 e. The van der Waals surface area contributed by atoms with Crippen molar-refractivity contribution >= 4 is 18.0 Å². The predicted molar refractivity (Wildman–Crippen MR) is 124 cm³/mol. The van der Waals surface area contributed by atoms with Gasteiger partial charge >= 0.3 is 6.03 Å². The molecule has 0 aliphatic heterocycles. The summed E-state index contributed by atoms with van der Waals surface area (Å²) in [5.41, 5.74) is 3.18. The number of halogens is 1. The van der Waals surface area contributed by atoms with Crippen molar-refractivity contribution in [1.82, 2.24) is 20.5 Å². The highest BCUT2D eigenvalue weighted by atomic mass is 19.1. The molecule has 2 N–H and O–H groups in total. The van der Waals surface area contributed by atoms with E-state index >= 15 is 0 Å².